The third kappa shape index (κ3) is 5.42. The summed E-state index contributed by atoms with van der Waals surface area (Å²) in [5.74, 6) is 1.72. The minimum absolute atomic E-state index is 0.511. The number of benzene rings is 1. The number of hydrogen-bond acceptors (Lipinski definition) is 4. The molecule has 0 amide bonds. The van der Waals surface area contributed by atoms with Crippen LogP contribution in [0.2, 0.25) is 0 Å². The monoisotopic (exact) mass is 387 g/mol. The molecule has 2 atom stereocenters. The summed E-state index contributed by atoms with van der Waals surface area (Å²) in [6.07, 6.45) is 7.86. The Labute approximate surface area is 165 Å². The van der Waals surface area contributed by atoms with E-state index in [1.54, 1.807) is 7.11 Å². The van der Waals surface area contributed by atoms with Gasteiger partial charge in [0.25, 0.3) is 0 Å². The molecule has 27 heavy (non-hydrogen) atoms. The first-order valence-electron chi connectivity index (χ1n) is 9.48. The predicted octanol–water partition coefficient (Wildman–Crippen LogP) is 3.22. The van der Waals surface area contributed by atoms with E-state index in [1.807, 2.05) is 53.0 Å². The van der Waals surface area contributed by atoms with E-state index < -0.39 is 0 Å². The van der Waals surface area contributed by atoms with Crippen LogP contribution in [0.1, 0.15) is 31.9 Å². The third-order valence-corrected chi connectivity index (χ3v) is 5.88. The van der Waals surface area contributed by atoms with Gasteiger partial charge < -0.3 is 15.4 Å². The van der Waals surface area contributed by atoms with Crippen molar-refractivity contribution in [2.24, 2.45) is 4.99 Å². The van der Waals surface area contributed by atoms with Crippen LogP contribution in [0.15, 0.2) is 41.5 Å². The maximum atomic E-state index is 5.20. The van der Waals surface area contributed by atoms with Gasteiger partial charge in [-0.1, -0.05) is 0 Å². The van der Waals surface area contributed by atoms with Gasteiger partial charge in [-0.2, -0.15) is 16.9 Å². The van der Waals surface area contributed by atoms with Crippen molar-refractivity contribution < 1.29 is 4.74 Å². The number of ether oxygens (including phenoxy) is 1. The lowest BCUT2D eigenvalue weighted by Gasteiger charge is -2.17. The molecule has 146 valence electrons. The second-order valence-electron chi connectivity index (χ2n) is 6.66. The summed E-state index contributed by atoms with van der Waals surface area (Å²) < 4.78 is 7.07. The van der Waals surface area contributed by atoms with Gasteiger partial charge >= 0.3 is 0 Å². The first kappa shape index (κ1) is 19.6. The Morgan fingerprint density at radius 2 is 2.11 bits per heavy atom. The van der Waals surface area contributed by atoms with Crippen molar-refractivity contribution in [3.63, 3.8) is 0 Å². The maximum absolute atomic E-state index is 5.20. The van der Waals surface area contributed by atoms with Crippen molar-refractivity contribution >= 4 is 17.7 Å². The van der Waals surface area contributed by atoms with Crippen LogP contribution in [0.3, 0.4) is 0 Å². The van der Waals surface area contributed by atoms with Crippen LogP contribution in [0.25, 0.3) is 5.69 Å². The molecule has 0 bridgehead atoms. The first-order valence-corrected chi connectivity index (χ1v) is 10.8. The Hall–Kier alpha value is -2.15. The highest BCUT2D eigenvalue weighted by Gasteiger charge is 2.24. The lowest BCUT2D eigenvalue weighted by Crippen LogP contribution is -2.42. The number of rotatable bonds is 7. The van der Waals surface area contributed by atoms with Gasteiger partial charge in [-0.05, 0) is 62.8 Å². The minimum atomic E-state index is 0.511. The highest BCUT2D eigenvalue weighted by molar-refractivity contribution is 7.99. The molecule has 2 aromatic rings. The zero-order valence-corrected chi connectivity index (χ0v) is 17.1. The SMILES string of the molecule is CCNC(=NCc1ccn(-c2ccc(OC)cc2)n1)NC1CCC(SC)C1. The normalized spacial score (nSPS) is 19.9. The molecule has 1 saturated carbocycles. The van der Waals surface area contributed by atoms with Crippen LogP contribution < -0.4 is 15.4 Å². The van der Waals surface area contributed by atoms with Crippen molar-refractivity contribution in [2.45, 2.75) is 44.0 Å². The number of aromatic nitrogens is 2. The first-order chi connectivity index (χ1) is 13.2. The number of nitrogens with zero attached hydrogens (tertiary/aromatic N) is 3. The molecule has 1 aromatic heterocycles. The van der Waals surface area contributed by atoms with E-state index in [9.17, 15) is 0 Å². The average molecular weight is 388 g/mol. The lowest BCUT2D eigenvalue weighted by molar-refractivity contribution is 0.414. The van der Waals surface area contributed by atoms with Gasteiger partial charge in [0, 0.05) is 24.0 Å². The topological polar surface area (TPSA) is 63.5 Å². The molecule has 6 nitrogen and oxygen atoms in total. The number of nitrogens with one attached hydrogen (secondary N) is 2. The van der Waals surface area contributed by atoms with Crippen LogP contribution >= 0.6 is 11.8 Å². The van der Waals surface area contributed by atoms with E-state index in [2.05, 4.69) is 28.9 Å². The summed E-state index contributed by atoms with van der Waals surface area (Å²) in [6, 6.07) is 10.4. The molecule has 2 unspecified atom stereocenters. The molecule has 1 aliphatic rings. The molecule has 1 aliphatic carbocycles. The quantitative estimate of drug-likeness (QED) is 0.564. The molecule has 7 heteroatoms. The summed E-state index contributed by atoms with van der Waals surface area (Å²) in [4.78, 5) is 4.72. The van der Waals surface area contributed by atoms with Crippen molar-refractivity contribution in [1.29, 1.82) is 0 Å². The largest absolute Gasteiger partial charge is 0.497 e. The molecule has 0 radical (unpaired) electrons. The van der Waals surface area contributed by atoms with Gasteiger partial charge in [-0.15, -0.1) is 0 Å². The Bertz CT molecular complexity index is 743. The Morgan fingerprint density at radius 1 is 1.30 bits per heavy atom. The van der Waals surface area contributed by atoms with Crippen molar-refractivity contribution in [1.82, 2.24) is 20.4 Å². The van der Waals surface area contributed by atoms with E-state index in [0.717, 1.165) is 34.9 Å². The molecule has 2 N–H and O–H groups in total. The number of aliphatic imine (C=N–C) groups is 1. The standard InChI is InChI=1S/C20H29N5OS/c1-4-21-20(23-15-5-10-19(13-15)27-3)22-14-16-11-12-25(24-16)17-6-8-18(26-2)9-7-17/h6-9,11-12,15,19H,4-5,10,13-14H2,1-3H3,(H2,21,22,23). The van der Waals surface area contributed by atoms with Crippen molar-refractivity contribution in [3.05, 3.63) is 42.2 Å². The molecule has 0 saturated heterocycles. The summed E-state index contributed by atoms with van der Waals surface area (Å²) in [5.41, 5.74) is 1.95. The van der Waals surface area contributed by atoms with Crippen LogP contribution in [-0.4, -0.2) is 46.9 Å². The summed E-state index contributed by atoms with van der Waals surface area (Å²) in [5, 5.41) is 12.3. The van der Waals surface area contributed by atoms with Crippen molar-refractivity contribution in [2.75, 3.05) is 19.9 Å². The highest BCUT2D eigenvalue weighted by atomic mass is 32.2. The van der Waals surface area contributed by atoms with E-state index >= 15 is 0 Å². The number of methoxy groups -OCH3 is 1. The number of hydrogen-bond donors (Lipinski definition) is 2. The van der Waals surface area contributed by atoms with E-state index in [4.69, 9.17) is 9.73 Å². The molecular weight excluding hydrogens is 358 g/mol. The van der Waals surface area contributed by atoms with E-state index in [-0.39, 0.29) is 0 Å². The molecule has 0 aliphatic heterocycles. The molecule has 3 rings (SSSR count). The van der Waals surface area contributed by atoms with Crippen LogP contribution in [0, 0.1) is 0 Å². The zero-order chi connectivity index (χ0) is 19.1. The maximum Gasteiger partial charge on any atom is 0.191 e. The zero-order valence-electron chi connectivity index (χ0n) is 16.3. The fraction of sp³-hybridized carbons (Fsp3) is 0.500. The second kappa shape index (κ2) is 9.69. The van der Waals surface area contributed by atoms with E-state index in [0.29, 0.717) is 12.6 Å². The van der Waals surface area contributed by atoms with Gasteiger partial charge in [-0.25, -0.2) is 9.67 Å². The number of thioether (sulfide) groups is 1. The van der Waals surface area contributed by atoms with Crippen LogP contribution in [-0.2, 0) is 6.54 Å². The van der Waals surface area contributed by atoms with Crippen LogP contribution in [0.4, 0.5) is 0 Å². The summed E-state index contributed by atoms with van der Waals surface area (Å²) >= 11 is 1.97. The van der Waals surface area contributed by atoms with E-state index in [1.165, 1.54) is 19.3 Å². The molecule has 0 spiro atoms. The summed E-state index contributed by atoms with van der Waals surface area (Å²) in [7, 11) is 1.67. The molecular formula is C20H29N5OS. The van der Waals surface area contributed by atoms with Gasteiger partial charge in [0.1, 0.15) is 5.75 Å². The Morgan fingerprint density at radius 3 is 2.78 bits per heavy atom. The molecule has 1 heterocycles. The minimum Gasteiger partial charge on any atom is -0.497 e. The van der Waals surface area contributed by atoms with Crippen molar-refractivity contribution in [3.8, 4) is 11.4 Å². The molecule has 1 aromatic carbocycles. The Balaban J connectivity index is 1.61. The smallest absolute Gasteiger partial charge is 0.191 e. The lowest BCUT2D eigenvalue weighted by atomic mass is 10.2. The molecule has 1 fully saturated rings. The summed E-state index contributed by atoms with van der Waals surface area (Å²) in [6.45, 7) is 3.50. The fourth-order valence-corrected chi connectivity index (χ4v) is 4.08. The van der Waals surface area contributed by atoms with Gasteiger partial charge in [0.2, 0.25) is 0 Å². The van der Waals surface area contributed by atoms with Gasteiger partial charge in [0.15, 0.2) is 5.96 Å². The average Bonchev–Trinajstić information content (AvgIpc) is 3.36. The van der Waals surface area contributed by atoms with Gasteiger partial charge in [0.05, 0.1) is 25.0 Å². The Kier molecular flexibility index (Phi) is 7.04. The number of guanidine groups is 1. The predicted molar refractivity (Wildman–Crippen MR) is 113 cm³/mol. The van der Waals surface area contributed by atoms with Gasteiger partial charge in [-0.3, -0.25) is 0 Å². The highest BCUT2D eigenvalue weighted by Crippen LogP contribution is 2.28. The fourth-order valence-electron chi connectivity index (χ4n) is 3.28. The second-order valence-corrected chi connectivity index (χ2v) is 7.79. The third-order valence-electron chi connectivity index (χ3n) is 4.78. The van der Waals surface area contributed by atoms with Crippen LogP contribution in [0.5, 0.6) is 5.75 Å².